The van der Waals surface area contributed by atoms with Gasteiger partial charge in [0.15, 0.2) is 0 Å². The quantitative estimate of drug-likeness (QED) is 0.262. The number of benzene rings is 4. The fourth-order valence-electron chi connectivity index (χ4n) is 5.42. The monoisotopic (exact) mass is 511 g/mol. The minimum atomic E-state index is -0.447. The van der Waals surface area contributed by atoms with Crippen LogP contribution in [0.4, 0.5) is 5.69 Å². The molecule has 4 aromatic carbocycles. The van der Waals surface area contributed by atoms with Crippen LogP contribution in [0, 0.1) is 0 Å². The van der Waals surface area contributed by atoms with Crippen molar-refractivity contribution < 1.29 is 4.79 Å². The molecule has 2 aliphatic heterocycles. The van der Waals surface area contributed by atoms with E-state index in [2.05, 4.69) is 99.7 Å². The molecular formula is C29H22BrNOS. The second-order valence-corrected chi connectivity index (χ2v) is 10.8. The number of para-hydroxylation sites is 1. The molecule has 1 fully saturated rings. The first-order valence-electron chi connectivity index (χ1n) is 11.1. The second kappa shape index (κ2) is 8.19. The number of carbonyl (C=O) groups is 1. The SMILES string of the molecule is O=C1[C@H](c2ccccc2)[C@@]2(c3ccccc3)C[C@@H](c3ccc(Br)cc3)Sc3ccccc3N12. The first-order chi connectivity index (χ1) is 16.2. The summed E-state index contributed by atoms with van der Waals surface area (Å²) in [5, 5.41) is 0.212. The van der Waals surface area contributed by atoms with Gasteiger partial charge in [-0.3, -0.25) is 9.69 Å². The van der Waals surface area contributed by atoms with E-state index in [4.69, 9.17) is 0 Å². The molecule has 0 unspecified atom stereocenters. The Morgan fingerprint density at radius 2 is 1.39 bits per heavy atom. The van der Waals surface area contributed by atoms with E-state index in [1.807, 2.05) is 42.1 Å². The summed E-state index contributed by atoms with van der Waals surface area (Å²) in [6, 6.07) is 37.9. The molecule has 0 N–H and O–H groups in total. The number of anilines is 1. The highest BCUT2D eigenvalue weighted by atomic mass is 79.9. The van der Waals surface area contributed by atoms with E-state index in [0.29, 0.717) is 0 Å². The molecular weight excluding hydrogens is 490 g/mol. The van der Waals surface area contributed by atoms with Gasteiger partial charge in [-0.1, -0.05) is 101 Å². The average molecular weight is 512 g/mol. The van der Waals surface area contributed by atoms with Gasteiger partial charge in [0.2, 0.25) is 5.91 Å². The first kappa shape index (κ1) is 20.8. The number of amides is 1. The lowest BCUT2D eigenvalue weighted by atomic mass is 9.63. The van der Waals surface area contributed by atoms with Crippen molar-refractivity contribution in [2.75, 3.05) is 4.90 Å². The molecule has 0 radical (unpaired) electrons. The fraction of sp³-hybridized carbons (Fsp3) is 0.138. The highest BCUT2D eigenvalue weighted by Gasteiger charge is 2.63. The van der Waals surface area contributed by atoms with Gasteiger partial charge in [-0.05, 0) is 47.4 Å². The van der Waals surface area contributed by atoms with Crippen LogP contribution >= 0.6 is 27.7 Å². The van der Waals surface area contributed by atoms with Gasteiger partial charge >= 0.3 is 0 Å². The molecule has 162 valence electrons. The summed E-state index contributed by atoms with van der Waals surface area (Å²) >= 11 is 5.45. The molecule has 1 amide bonds. The van der Waals surface area contributed by atoms with Crippen molar-refractivity contribution in [3.63, 3.8) is 0 Å². The predicted molar refractivity (Wildman–Crippen MR) is 139 cm³/mol. The maximum Gasteiger partial charge on any atom is 0.238 e. The van der Waals surface area contributed by atoms with Crippen LogP contribution in [0.2, 0.25) is 0 Å². The molecule has 0 saturated carbocycles. The Hall–Kier alpha value is -2.82. The van der Waals surface area contributed by atoms with Gasteiger partial charge in [0, 0.05) is 14.6 Å². The minimum absolute atomic E-state index is 0.176. The van der Waals surface area contributed by atoms with Crippen molar-refractivity contribution in [3.05, 3.63) is 130 Å². The molecule has 33 heavy (non-hydrogen) atoms. The Morgan fingerprint density at radius 3 is 2.12 bits per heavy atom. The van der Waals surface area contributed by atoms with E-state index >= 15 is 0 Å². The molecule has 2 heterocycles. The van der Waals surface area contributed by atoms with Crippen molar-refractivity contribution in [3.8, 4) is 0 Å². The summed E-state index contributed by atoms with van der Waals surface area (Å²) in [6.07, 6.45) is 0.837. The lowest BCUT2D eigenvalue weighted by molar-refractivity contribution is -0.131. The van der Waals surface area contributed by atoms with Crippen molar-refractivity contribution in [1.29, 1.82) is 0 Å². The predicted octanol–water partition coefficient (Wildman–Crippen LogP) is 7.71. The van der Waals surface area contributed by atoms with E-state index < -0.39 is 5.54 Å². The Bertz CT molecular complexity index is 1310. The van der Waals surface area contributed by atoms with E-state index in [-0.39, 0.29) is 17.1 Å². The van der Waals surface area contributed by atoms with E-state index in [1.165, 1.54) is 11.1 Å². The normalized spacial score (nSPS) is 23.8. The van der Waals surface area contributed by atoms with Gasteiger partial charge in [-0.15, -0.1) is 11.8 Å². The number of hydrogen-bond acceptors (Lipinski definition) is 2. The number of fused-ring (bicyclic) bond motifs is 3. The summed E-state index contributed by atoms with van der Waals surface area (Å²) in [4.78, 5) is 17.1. The molecule has 1 saturated heterocycles. The molecule has 0 aliphatic carbocycles. The van der Waals surface area contributed by atoms with Crippen LogP contribution in [-0.4, -0.2) is 5.91 Å². The summed E-state index contributed by atoms with van der Waals surface area (Å²) in [7, 11) is 0. The third-order valence-electron chi connectivity index (χ3n) is 6.86. The minimum Gasteiger partial charge on any atom is -0.299 e. The maximum absolute atomic E-state index is 13.9. The molecule has 2 aliphatic rings. The zero-order valence-corrected chi connectivity index (χ0v) is 20.3. The standard InChI is InChI=1S/C29H22BrNOS/c30-23-17-15-20(16-18-23)26-19-29(22-11-5-2-6-12-22)27(21-9-3-1-4-10-21)28(32)31(29)24-13-7-8-14-25(24)33-26/h1-18,26-27H,19H2/t26-,27-,29-/m0/s1. The zero-order chi connectivity index (χ0) is 22.4. The Balaban J connectivity index is 1.60. The molecule has 4 heteroatoms. The van der Waals surface area contributed by atoms with Gasteiger partial charge in [-0.25, -0.2) is 0 Å². The Kier molecular flexibility index (Phi) is 5.16. The summed E-state index contributed by atoms with van der Waals surface area (Å²) in [5.74, 6) is -0.0413. The third-order valence-corrected chi connectivity index (χ3v) is 8.72. The number of hydrogen-bond donors (Lipinski definition) is 0. The molecule has 6 rings (SSSR count). The number of carbonyl (C=O) groups excluding carboxylic acids is 1. The van der Waals surface area contributed by atoms with Crippen molar-refractivity contribution in [2.24, 2.45) is 0 Å². The highest BCUT2D eigenvalue weighted by molar-refractivity contribution is 9.10. The van der Waals surface area contributed by atoms with Gasteiger partial charge < -0.3 is 0 Å². The van der Waals surface area contributed by atoms with Gasteiger partial charge in [0.25, 0.3) is 0 Å². The van der Waals surface area contributed by atoms with Crippen LogP contribution < -0.4 is 4.90 Å². The highest BCUT2D eigenvalue weighted by Crippen LogP contribution is 2.63. The van der Waals surface area contributed by atoms with Gasteiger partial charge in [0.05, 0.1) is 17.1 Å². The van der Waals surface area contributed by atoms with Gasteiger partial charge in [0.1, 0.15) is 0 Å². The smallest absolute Gasteiger partial charge is 0.238 e. The Morgan fingerprint density at radius 1 is 0.758 bits per heavy atom. The number of thioether (sulfide) groups is 1. The van der Waals surface area contributed by atoms with Crippen LogP contribution in [0.1, 0.15) is 34.3 Å². The largest absolute Gasteiger partial charge is 0.299 e. The summed E-state index contributed by atoms with van der Waals surface area (Å²) < 4.78 is 1.07. The van der Waals surface area contributed by atoms with Crippen LogP contribution in [0.15, 0.2) is 119 Å². The average Bonchev–Trinajstić information content (AvgIpc) is 2.98. The molecule has 4 aromatic rings. The molecule has 0 aromatic heterocycles. The maximum atomic E-state index is 13.9. The van der Waals surface area contributed by atoms with Crippen LogP contribution in [0.25, 0.3) is 0 Å². The number of nitrogens with zero attached hydrogens (tertiary/aromatic N) is 1. The van der Waals surface area contributed by atoms with Crippen molar-refractivity contribution in [1.82, 2.24) is 0 Å². The lowest BCUT2D eigenvalue weighted by Crippen LogP contribution is -2.67. The summed E-state index contributed by atoms with van der Waals surface area (Å²) in [6.45, 7) is 0. The summed E-state index contributed by atoms with van der Waals surface area (Å²) in [5.41, 5.74) is 4.13. The fourth-order valence-corrected chi connectivity index (χ4v) is 7.06. The molecule has 2 nitrogen and oxygen atoms in total. The molecule has 0 spiro atoms. The van der Waals surface area contributed by atoms with E-state index in [1.54, 1.807) is 0 Å². The second-order valence-electron chi connectivity index (χ2n) is 8.64. The van der Waals surface area contributed by atoms with Crippen molar-refractivity contribution >= 4 is 39.3 Å². The van der Waals surface area contributed by atoms with Crippen LogP contribution in [0.5, 0.6) is 0 Å². The lowest BCUT2D eigenvalue weighted by Gasteiger charge is -2.58. The number of rotatable bonds is 3. The van der Waals surface area contributed by atoms with Gasteiger partial charge in [-0.2, -0.15) is 0 Å². The van der Waals surface area contributed by atoms with Crippen molar-refractivity contribution in [2.45, 2.75) is 28.0 Å². The number of β-lactam (4-membered cyclic amide) rings is 1. The first-order valence-corrected chi connectivity index (χ1v) is 12.8. The third kappa shape index (κ3) is 3.27. The molecule has 3 atom stereocenters. The zero-order valence-electron chi connectivity index (χ0n) is 17.9. The van der Waals surface area contributed by atoms with Crippen LogP contribution in [0.3, 0.4) is 0 Å². The van der Waals surface area contributed by atoms with E-state index in [0.717, 1.165) is 27.0 Å². The number of halogens is 1. The van der Waals surface area contributed by atoms with E-state index in [9.17, 15) is 4.79 Å². The Labute approximate surface area is 206 Å². The van der Waals surface area contributed by atoms with Crippen LogP contribution in [-0.2, 0) is 10.3 Å². The molecule has 0 bridgehead atoms. The topological polar surface area (TPSA) is 20.3 Å².